The molecule has 2 aromatic carbocycles. The average Bonchev–Trinajstić information content (AvgIpc) is 2.49. The molecule has 0 bridgehead atoms. The van der Waals surface area contributed by atoms with Gasteiger partial charge in [-0.2, -0.15) is 13.2 Å². The van der Waals surface area contributed by atoms with E-state index in [1.807, 2.05) is 20.8 Å². The van der Waals surface area contributed by atoms with E-state index in [1.54, 1.807) is 50.2 Å². The van der Waals surface area contributed by atoms with Crippen molar-refractivity contribution < 1.29 is 38.3 Å². The molecule has 0 heterocycles. The number of carbonyl (C=O) groups is 1. The average molecular weight is 374 g/mol. The molecule has 0 saturated heterocycles. The predicted molar refractivity (Wildman–Crippen MR) is 99.6 cm³/mol. The smallest absolute Gasteiger partial charge is 1.00 e. The fourth-order valence-electron chi connectivity index (χ4n) is 2.94. The minimum absolute atomic E-state index is 0. The summed E-state index contributed by atoms with van der Waals surface area (Å²) in [5, 5.41) is 0.222. The standard InChI is InChI=1S/C20H22F3OP.Li.H/c1-12-11-15(19(3,4)5)16(13(2)18(12)25-20(21,22)23)17(24)14-9-7-6-8-10-14;;/h6-11,25H,1-5H3;;/q;+1;-1. The number of rotatable bonds is 3. The van der Waals surface area contributed by atoms with Gasteiger partial charge in [-0.05, 0) is 41.3 Å². The number of carbonyl (C=O) groups excluding carboxylic acids is 1. The van der Waals surface area contributed by atoms with Gasteiger partial charge in [0.25, 0.3) is 0 Å². The number of alkyl halides is 3. The summed E-state index contributed by atoms with van der Waals surface area (Å²) in [5.74, 6) is -4.51. The van der Waals surface area contributed by atoms with Crippen LogP contribution in [0.4, 0.5) is 13.2 Å². The third kappa shape index (κ3) is 5.23. The zero-order chi connectivity index (χ0) is 19.0. The summed E-state index contributed by atoms with van der Waals surface area (Å²) in [6, 6.07) is 10.5. The van der Waals surface area contributed by atoms with E-state index in [0.717, 1.165) is 5.56 Å². The molecule has 1 nitrogen and oxygen atoms in total. The molecule has 1 atom stereocenters. The summed E-state index contributed by atoms with van der Waals surface area (Å²) >= 11 is 0. The number of hydrogen-bond acceptors (Lipinski definition) is 1. The van der Waals surface area contributed by atoms with Crippen molar-refractivity contribution in [3.8, 4) is 0 Å². The van der Waals surface area contributed by atoms with Gasteiger partial charge in [0.15, 0.2) is 5.78 Å². The first-order valence-corrected chi connectivity index (χ1v) is 9.01. The van der Waals surface area contributed by atoms with E-state index in [-0.39, 0.29) is 36.8 Å². The maximum absolute atomic E-state index is 13.1. The van der Waals surface area contributed by atoms with Gasteiger partial charge >= 0.3 is 24.8 Å². The summed E-state index contributed by atoms with van der Waals surface area (Å²) in [5.41, 5.74) is 2.34. The Morgan fingerprint density at radius 3 is 2.04 bits per heavy atom. The minimum atomic E-state index is -4.29. The molecule has 26 heavy (non-hydrogen) atoms. The molecule has 0 aliphatic rings. The van der Waals surface area contributed by atoms with Crippen LogP contribution < -0.4 is 24.2 Å². The summed E-state index contributed by atoms with van der Waals surface area (Å²) in [7, 11) is -1.31. The second-order valence-corrected chi connectivity index (χ2v) is 8.50. The monoisotopic (exact) mass is 374 g/mol. The van der Waals surface area contributed by atoms with Gasteiger partial charge in [0.2, 0.25) is 0 Å². The molecule has 1 unspecified atom stereocenters. The molecule has 136 valence electrons. The van der Waals surface area contributed by atoms with Crippen molar-refractivity contribution in [1.82, 2.24) is 0 Å². The molecule has 0 aliphatic heterocycles. The molecule has 0 aromatic heterocycles. The number of aryl methyl sites for hydroxylation is 1. The van der Waals surface area contributed by atoms with Crippen LogP contribution in [0.5, 0.6) is 0 Å². The molecular formula is C20H23F3LiOP. The molecule has 0 amide bonds. The third-order valence-corrected chi connectivity index (χ3v) is 5.42. The van der Waals surface area contributed by atoms with Crippen LogP contribution in [-0.4, -0.2) is 11.7 Å². The molecule has 6 heteroatoms. The zero-order valence-electron chi connectivity index (χ0n) is 17.0. The maximum atomic E-state index is 13.1. The Hall–Kier alpha value is -1.07. The SMILES string of the molecule is Cc1cc(C(C)(C)C)c(C(=O)c2ccccc2)c(C)c1PC(F)(F)F.[H-].[Li+]. The van der Waals surface area contributed by atoms with E-state index < -0.39 is 14.5 Å². The van der Waals surface area contributed by atoms with Gasteiger partial charge < -0.3 is 1.43 Å². The van der Waals surface area contributed by atoms with Crippen molar-refractivity contribution in [2.75, 3.05) is 0 Å². The topological polar surface area (TPSA) is 17.1 Å². The molecule has 0 fully saturated rings. The minimum Gasteiger partial charge on any atom is -1.00 e. The van der Waals surface area contributed by atoms with Crippen molar-refractivity contribution >= 4 is 19.7 Å². The molecule has 0 aliphatic carbocycles. The van der Waals surface area contributed by atoms with E-state index in [0.29, 0.717) is 22.3 Å². The van der Waals surface area contributed by atoms with Crippen molar-refractivity contribution in [2.45, 2.75) is 46.0 Å². The van der Waals surface area contributed by atoms with Crippen LogP contribution in [0.15, 0.2) is 36.4 Å². The summed E-state index contributed by atoms with van der Waals surface area (Å²) < 4.78 is 39.1. The fraction of sp³-hybridized carbons (Fsp3) is 0.350. The summed E-state index contributed by atoms with van der Waals surface area (Å²) in [6.07, 6.45) is 0. The number of hydrogen-bond donors (Lipinski definition) is 0. The first kappa shape index (κ1) is 23.0. The molecule has 0 radical (unpaired) electrons. The van der Waals surface area contributed by atoms with Gasteiger partial charge in [0.1, 0.15) is 0 Å². The number of benzene rings is 2. The van der Waals surface area contributed by atoms with Gasteiger partial charge in [-0.15, -0.1) is 0 Å². The van der Waals surface area contributed by atoms with Crippen LogP contribution in [0.1, 0.15) is 54.8 Å². The molecule has 0 saturated carbocycles. The number of halogens is 3. The van der Waals surface area contributed by atoms with Crippen LogP contribution >= 0.6 is 8.58 Å². The Kier molecular flexibility index (Phi) is 7.33. The Labute approximate surface area is 168 Å². The quantitative estimate of drug-likeness (QED) is 0.459. The second kappa shape index (κ2) is 8.30. The van der Waals surface area contributed by atoms with E-state index >= 15 is 0 Å². The van der Waals surface area contributed by atoms with E-state index in [9.17, 15) is 18.0 Å². The van der Waals surface area contributed by atoms with Crippen LogP contribution in [0, 0.1) is 13.8 Å². The Balaban J connectivity index is 0.00000338. The van der Waals surface area contributed by atoms with Gasteiger partial charge in [-0.25, -0.2) is 0 Å². The second-order valence-electron chi connectivity index (χ2n) is 7.18. The predicted octanol–water partition coefficient (Wildman–Crippen LogP) is 2.77. The van der Waals surface area contributed by atoms with E-state index in [4.69, 9.17) is 0 Å². The van der Waals surface area contributed by atoms with Gasteiger partial charge in [-0.3, -0.25) is 4.79 Å². The van der Waals surface area contributed by atoms with Gasteiger partial charge in [0.05, 0.1) is 0 Å². The summed E-state index contributed by atoms with van der Waals surface area (Å²) in [6.45, 7) is 9.22. The third-order valence-electron chi connectivity index (χ3n) is 4.11. The Bertz CT molecular complexity index is 800. The van der Waals surface area contributed by atoms with Crippen LogP contribution in [0.25, 0.3) is 0 Å². The summed E-state index contributed by atoms with van der Waals surface area (Å²) in [4.78, 5) is 13.1. The normalized spacial score (nSPS) is 12.3. The molecule has 2 rings (SSSR count). The van der Waals surface area contributed by atoms with Crippen LogP contribution in [0.2, 0.25) is 0 Å². The molecular weight excluding hydrogens is 351 g/mol. The molecule has 0 N–H and O–H groups in total. The van der Waals surface area contributed by atoms with E-state index in [1.165, 1.54) is 0 Å². The molecule has 2 aromatic rings. The zero-order valence-corrected chi connectivity index (χ0v) is 17.0. The first-order valence-electron chi connectivity index (χ1n) is 8.01. The van der Waals surface area contributed by atoms with Gasteiger partial charge in [0, 0.05) is 19.7 Å². The Morgan fingerprint density at radius 2 is 1.58 bits per heavy atom. The van der Waals surface area contributed by atoms with Crippen molar-refractivity contribution in [1.29, 1.82) is 0 Å². The maximum Gasteiger partial charge on any atom is 1.00 e. The first-order chi connectivity index (χ1) is 11.4. The van der Waals surface area contributed by atoms with Crippen molar-refractivity contribution in [3.05, 3.63) is 64.2 Å². The number of ketones is 1. The molecule has 0 spiro atoms. The largest absolute Gasteiger partial charge is 1.00 e. The van der Waals surface area contributed by atoms with Gasteiger partial charge in [-0.1, -0.05) is 57.2 Å². The van der Waals surface area contributed by atoms with E-state index in [2.05, 4.69) is 0 Å². The van der Waals surface area contributed by atoms with Crippen molar-refractivity contribution in [2.24, 2.45) is 0 Å². The Morgan fingerprint density at radius 1 is 1.04 bits per heavy atom. The van der Waals surface area contributed by atoms with Crippen LogP contribution in [0.3, 0.4) is 0 Å². The van der Waals surface area contributed by atoms with Crippen LogP contribution in [-0.2, 0) is 5.41 Å². The van der Waals surface area contributed by atoms with Crippen molar-refractivity contribution in [3.63, 3.8) is 0 Å². The fourth-order valence-corrected chi connectivity index (χ4v) is 3.80.